The van der Waals surface area contributed by atoms with Crippen LogP contribution >= 0.6 is 11.6 Å². The Bertz CT molecular complexity index is 377. The van der Waals surface area contributed by atoms with E-state index in [1.54, 1.807) is 13.0 Å². The normalized spacial score (nSPS) is 14.2. The Hall–Kier alpha value is -1.06. The summed E-state index contributed by atoms with van der Waals surface area (Å²) in [6, 6.07) is 7.24. The minimum Gasteiger partial charge on any atom is -0.459 e. The van der Waals surface area contributed by atoms with Crippen molar-refractivity contribution in [1.82, 2.24) is 0 Å². The van der Waals surface area contributed by atoms with Crippen molar-refractivity contribution in [3.05, 3.63) is 34.9 Å². The van der Waals surface area contributed by atoms with Crippen LogP contribution in [0.2, 0.25) is 5.02 Å². The van der Waals surface area contributed by atoms with Crippen LogP contribution in [0.3, 0.4) is 0 Å². The first-order valence-corrected chi connectivity index (χ1v) is 5.54. The Morgan fingerprint density at radius 1 is 1.50 bits per heavy atom. The van der Waals surface area contributed by atoms with Crippen LogP contribution in [-0.4, -0.2) is 11.5 Å². The fourth-order valence-corrected chi connectivity index (χ4v) is 1.26. The first-order valence-electron chi connectivity index (χ1n) is 5.17. The van der Waals surface area contributed by atoms with E-state index in [0.717, 1.165) is 5.56 Å². The Balaban J connectivity index is 2.59. The molecule has 0 saturated heterocycles. The zero-order valence-electron chi connectivity index (χ0n) is 9.50. The number of esters is 1. The van der Waals surface area contributed by atoms with Crippen molar-refractivity contribution < 1.29 is 9.53 Å². The zero-order chi connectivity index (χ0) is 12.2. The van der Waals surface area contributed by atoms with Crippen LogP contribution in [0.15, 0.2) is 24.3 Å². The van der Waals surface area contributed by atoms with Crippen molar-refractivity contribution in [3.8, 4) is 0 Å². The molecule has 1 atom stereocenters. The molecule has 3 nitrogen and oxygen atoms in total. The molecule has 0 aromatic heterocycles. The summed E-state index contributed by atoms with van der Waals surface area (Å²) in [4.78, 5) is 11.6. The molecule has 0 heterocycles. The van der Waals surface area contributed by atoms with Gasteiger partial charge in [0.25, 0.3) is 0 Å². The quantitative estimate of drug-likeness (QED) is 0.825. The van der Waals surface area contributed by atoms with Gasteiger partial charge < -0.3 is 10.5 Å². The maximum atomic E-state index is 11.6. The number of hydrogen-bond acceptors (Lipinski definition) is 3. The lowest BCUT2D eigenvalue weighted by atomic mass is 10.0. The minimum atomic E-state index is -0.929. The standard InChI is InChI=1S/C12H16ClNO2/c1-3-12(2,14)11(15)16-8-9-6-4-5-7-10(9)13/h4-7H,3,8,14H2,1-2H3. The Morgan fingerprint density at radius 3 is 2.69 bits per heavy atom. The first kappa shape index (κ1) is 13.0. The Kier molecular flexibility index (Phi) is 4.33. The number of benzene rings is 1. The van der Waals surface area contributed by atoms with Crippen LogP contribution in [0, 0.1) is 0 Å². The summed E-state index contributed by atoms with van der Waals surface area (Å²) in [5.74, 6) is -0.407. The van der Waals surface area contributed by atoms with E-state index < -0.39 is 11.5 Å². The van der Waals surface area contributed by atoms with Crippen LogP contribution in [0.1, 0.15) is 25.8 Å². The van der Waals surface area contributed by atoms with Gasteiger partial charge in [0, 0.05) is 10.6 Å². The summed E-state index contributed by atoms with van der Waals surface area (Å²) >= 11 is 5.93. The maximum absolute atomic E-state index is 11.6. The summed E-state index contributed by atoms with van der Waals surface area (Å²) < 4.78 is 5.12. The molecule has 0 amide bonds. The molecule has 0 aliphatic heterocycles. The number of hydrogen-bond donors (Lipinski definition) is 1. The van der Waals surface area contributed by atoms with Crippen molar-refractivity contribution in [2.75, 3.05) is 0 Å². The number of carbonyl (C=O) groups excluding carboxylic acids is 1. The van der Waals surface area contributed by atoms with Gasteiger partial charge >= 0.3 is 5.97 Å². The molecule has 0 aliphatic carbocycles. The molecule has 1 unspecified atom stereocenters. The van der Waals surface area contributed by atoms with Gasteiger partial charge in [-0.05, 0) is 19.4 Å². The third kappa shape index (κ3) is 3.22. The van der Waals surface area contributed by atoms with Gasteiger partial charge in [-0.25, -0.2) is 0 Å². The van der Waals surface area contributed by atoms with E-state index in [2.05, 4.69) is 0 Å². The van der Waals surface area contributed by atoms with Gasteiger partial charge in [-0.15, -0.1) is 0 Å². The van der Waals surface area contributed by atoms with Gasteiger partial charge in [0.15, 0.2) is 0 Å². The fraction of sp³-hybridized carbons (Fsp3) is 0.417. The van der Waals surface area contributed by atoms with E-state index in [0.29, 0.717) is 11.4 Å². The van der Waals surface area contributed by atoms with Crippen molar-refractivity contribution in [3.63, 3.8) is 0 Å². The minimum absolute atomic E-state index is 0.158. The topological polar surface area (TPSA) is 52.3 Å². The van der Waals surface area contributed by atoms with Gasteiger partial charge in [0.2, 0.25) is 0 Å². The summed E-state index contributed by atoms with van der Waals surface area (Å²) in [7, 11) is 0. The molecule has 0 aliphatic rings. The smallest absolute Gasteiger partial charge is 0.326 e. The van der Waals surface area contributed by atoms with E-state index in [9.17, 15) is 4.79 Å². The van der Waals surface area contributed by atoms with Crippen LogP contribution in [0.25, 0.3) is 0 Å². The lowest BCUT2D eigenvalue weighted by Gasteiger charge is -2.20. The van der Waals surface area contributed by atoms with E-state index in [1.165, 1.54) is 0 Å². The second kappa shape index (κ2) is 5.32. The molecule has 16 heavy (non-hydrogen) atoms. The van der Waals surface area contributed by atoms with E-state index in [4.69, 9.17) is 22.1 Å². The number of carbonyl (C=O) groups is 1. The SMILES string of the molecule is CCC(C)(N)C(=O)OCc1ccccc1Cl. The molecule has 1 aromatic carbocycles. The van der Waals surface area contributed by atoms with Gasteiger partial charge in [0.05, 0.1) is 0 Å². The van der Waals surface area contributed by atoms with Crippen molar-refractivity contribution in [2.24, 2.45) is 5.73 Å². The highest BCUT2D eigenvalue weighted by atomic mass is 35.5. The third-order valence-corrected chi connectivity index (χ3v) is 2.89. The zero-order valence-corrected chi connectivity index (χ0v) is 10.3. The molecule has 1 rings (SSSR count). The third-order valence-electron chi connectivity index (χ3n) is 2.52. The number of ether oxygens (including phenoxy) is 1. The molecule has 4 heteroatoms. The van der Waals surface area contributed by atoms with Gasteiger partial charge in [-0.1, -0.05) is 36.7 Å². The molecule has 0 fully saturated rings. The van der Waals surface area contributed by atoms with Gasteiger partial charge in [-0.3, -0.25) is 4.79 Å². The largest absolute Gasteiger partial charge is 0.459 e. The van der Waals surface area contributed by atoms with E-state index >= 15 is 0 Å². The van der Waals surface area contributed by atoms with Crippen LogP contribution in [0.4, 0.5) is 0 Å². The molecule has 1 aromatic rings. The highest BCUT2D eigenvalue weighted by Crippen LogP contribution is 2.17. The van der Waals surface area contributed by atoms with E-state index in [-0.39, 0.29) is 6.61 Å². The molecule has 88 valence electrons. The average Bonchev–Trinajstić information content (AvgIpc) is 2.27. The highest BCUT2D eigenvalue weighted by Gasteiger charge is 2.27. The molecule has 0 spiro atoms. The molecule has 0 saturated carbocycles. The molecular formula is C12H16ClNO2. The van der Waals surface area contributed by atoms with Crippen molar-refractivity contribution in [1.29, 1.82) is 0 Å². The summed E-state index contributed by atoms with van der Waals surface area (Å²) in [6.07, 6.45) is 0.536. The Morgan fingerprint density at radius 2 is 2.12 bits per heavy atom. The number of halogens is 1. The monoisotopic (exact) mass is 241 g/mol. The summed E-state index contributed by atoms with van der Waals surface area (Å²) in [5, 5.41) is 0.588. The van der Waals surface area contributed by atoms with Gasteiger partial charge in [-0.2, -0.15) is 0 Å². The maximum Gasteiger partial charge on any atom is 0.326 e. The second-order valence-electron chi connectivity index (χ2n) is 3.94. The number of nitrogens with two attached hydrogens (primary N) is 1. The molecular weight excluding hydrogens is 226 g/mol. The lowest BCUT2D eigenvalue weighted by molar-refractivity contribution is -0.151. The molecule has 0 bridgehead atoms. The van der Waals surface area contributed by atoms with Crippen LogP contribution in [0.5, 0.6) is 0 Å². The van der Waals surface area contributed by atoms with Crippen LogP contribution in [-0.2, 0) is 16.1 Å². The van der Waals surface area contributed by atoms with Crippen molar-refractivity contribution >= 4 is 17.6 Å². The predicted molar refractivity (Wildman–Crippen MR) is 64.1 cm³/mol. The molecule has 0 radical (unpaired) electrons. The molecule has 2 N–H and O–H groups in total. The van der Waals surface area contributed by atoms with Gasteiger partial charge in [0.1, 0.15) is 12.1 Å². The lowest BCUT2D eigenvalue weighted by Crippen LogP contribution is -2.45. The number of rotatable bonds is 4. The predicted octanol–water partition coefficient (Wildman–Crippen LogP) is 2.51. The fourth-order valence-electron chi connectivity index (χ4n) is 1.07. The summed E-state index contributed by atoms with van der Waals surface area (Å²) in [5.41, 5.74) is 5.61. The first-order chi connectivity index (χ1) is 7.47. The van der Waals surface area contributed by atoms with Crippen LogP contribution < -0.4 is 5.73 Å². The van der Waals surface area contributed by atoms with Crippen molar-refractivity contribution in [2.45, 2.75) is 32.4 Å². The second-order valence-corrected chi connectivity index (χ2v) is 4.35. The summed E-state index contributed by atoms with van der Waals surface area (Å²) in [6.45, 7) is 3.66. The average molecular weight is 242 g/mol. The van der Waals surface area contributed by atoms with E-state index in [1.807, 2.05) is 25.1 Å². The Labute approximate surface area is 101 Å². The highest BCUT2D eigenvalue weighted by molar-refractivity contribution is 6.31.